The molecule has 21 heavy (non-hydrogen) atoms. The minimum atomic E-state index is -0.718. The topological polar surface area (TPSA) is 78.9 Å². The van der Waals surface area contributed by atoms with E-state index in [1.54, 1.807) is 0 Å². The van der Waals surface area contributed by atoms with Crippen LogP contribution >= 0.6 is 0 Å². The number of hydrogen-bond donors (Lipinski definition) is 2. The first-order chi connectivity index (χ1) is 9.94. The zero-order valence-corrected chi connectivity index (χ0v) is 12.6. The molecule has 1 aliphatic rings. The number of rotatable bonds is 3. The molecule has 2 rings (SSSR count). The van der Waals surface area contributed by atoms with Gasteiger partial charge in [-0.25, -0.2) is 0 Å². The van der Waals surface area contributed by atoms with Crippen LogP contribution in [0.2, 0.25) is 0 Å². The van der Waals surface area contributed by atoms with Crippen LogP contribution in [0.5, 0.6) is 0 Å². The van der Waals surface area contributed by atoms with E-state index >= 15 is 0 Å². The van der Waals surface area contributed by atoms with E-state index in [0.29, 0.717) is 6.54 Å². The summed E-state index contributed by atoms with van der Waals surface area (Å²) in [5.41, 5.74) is 6.64. The molecule has 3 N–H and O–H groups in total. The molecule has 1 saturated heterocycles. The number of amides is 1. The molecule has 1 atom stereocenters. The fourth-order valence-electron chi connectivity index (χ4n) is 2.94. The van der Waals surface area contributed by atoms with Crippen molar-refractivity contribution in [2.24, 2.45) is 16.3 Å². The average Bonchev–Trinajstić information content (AvgIpc) is 2.47. The summed E-state index contributed by atoms with van der Waals surface area (Å²) in [6.07, 6.45) is 2.09. The highest BCUT2D eigenvalue weighted by molar-refractivity contribution is 6.07. The minimum absolute atomic E-state index is 0.0606. The lowest BCUT2D eigenvalue weighted by molar-refractivity contribution is -0.134. The fraction of sp³-hybridized carbons (Fsp3) is 0.500. The standard InChI is InChI=1S/C16H23N3O2/c1-16(2)9-6-10-19(11-16)15(20)13(14(17)18-21)12-7-4-3-5-8-12/h3-5,7-8,13,21H,6,9-11H2,1-2H3,(H2,17,18). The zero-order valence-electron chi connectivity index (χ0n) is 12.6. The van der Waals surface area contributed by atoms with Gasteiger partial charge in [-0.1, -0.05) is 49.3 Å². The Kier molecular flexibility index (Phi) is 4.50. The van der Waals surface area contributed by atoms with Crippen molar-refractivity contribution in [3.63, 3.8) is 0 Å². The number of oxime groups is 1. The normalized spacial score (nSPS) is 20.1. The van der Waals surface area contributed by atoms with Crippen LogP contribution in [0, 0.1) is 5.41 Å². The van der Waals surface area contributed by atoms with E-state index in [9.17, 15) is 4.79 Å². The third kappa shape index (κ3) is 3.54. The minimum Gasteiger partial charge on any atom is -0.409 e. The number of likely N-dealkylation sites (tertiary alicyclic amines) is 1. The molecule has 1 aromatic rings. The third-order valence-corrected chi connectivity index (χ3v) is 4.00. The molecule has 0 radical (unpaired) electrons. The molecule has 5 nitrogen and oxygen atoms in total. The molecule has 0 bridgehead atoms. The number of nitrogens with zero attached hydrogens (tertiary/aromatic N) is 2. The van der Waals surface area contributed by atoms with Crippen LogP contribution in [-0.2, 0) is 4.79 Å². The van der Waals surface area contributed by atoms with Gasteiger partial charge in [-0.05, 0) is 23.8 Å². The largest absolute Gasteiger partial charge is 0.409 e. The van der Waals surface area contributed by atoms with Crippen LogP contribution in [-0.4, -0.2) is 34.9 Å². The smallest absolute Gasteiger partial charge is 0.237 e. The summed E-state index contributed by atoms with van der Waals surface area (Å²) < 4.78 is 0. The van der Waals surface area contributed by atoms with Crippen LogP contribution in [0.15, 0.2) is 35.5 Å². The monoisotopic (exact) mass is 289 g/mol. The summed E-state index contributed by atoms with van der Waals surface area (Å²) in [6, 6.07) is 9.23. The van der Waals surface area contributed by atoms with Crippen molar-refractivity contribution in [3.05, 3.63) is 35.9 Å². The van der Waals surface area contributed by atoms with Crippen molar-refractivity contribution in [1.29, 1.82) is 0 Å². The number of amidine groups is 1. The van der Waals surface area contributed by atoms with Gasteiger partial charge in [-0.2, -0.15) is 0 Å². The van der Waals surface area contributed by atoms with Gasteiger partial charge in [-0.3, -0.25) is 4.79 Å². The van der Waals surface area contributed by atoms with Crippen molar-refractivity contribution >= 4 is 11.7 Å². The van der Waals surface area contributed by atoms with Crippen LogP contribution in [0.25, 0.3) is 0 Å². The van der Waals surface area contributed by atoms with Crippen LogP contribution < -0.4 is 5.73 Å². The molecular formula is C16H23N3O2. The Bertz CT molecular complexity index is 526. The highest BCUT2D eigenvalue weighted by Crippen LogP contribution is 2.30. The molecule has 114 valence electrons. The molecule has 1 amide bonds. The van der Waals surface area contributed by atoms with E-state index in [1.807, 2.05) is 35.2 Å². The van der Waals surface area contributed by atoms with Gasteiger partial charge >= 0.3 is 0 Å². The first kappa shape index (κ1) is 15.4. The van der Waals surface area contributed by atoms with Gasteiger partial charge in [0.2, 0.25) is 5.91 Å². The molecular weight excluding hydrogens is 266 g/mol. The second-order valence-corrected chi connectivity index (χ2v) is 6.40. The molecule has 1 heterocycles. The highest BCUT2D eigenvalue weighted by atomic mass is 16.4. The van der Waals surface area contributed by atoms with Crippen LogP contribution in [0.1, 0.15) is 38.2 Å². The molecule has 0 spiro atoms. The van der Waals surface area contributed by atoms with Gasteiger partial charge in [0.05, 0.1) is 0 Å². The first-order valence-electron chi connectivity index (χ1n) is 7.26. The molecule has 5 heteroatoms. The Morgan fingerprint density at radius 3 is 2.62 bits per heavy atom. The second kappa shape index (κ2) is 6.16. The predicted octanol–water partition coefficient (Wildman–Crippen LogP) is 2.17. The second-order valence-electron chi connectivity index (χ2n) is 6.40. The maximum atomic E-state index is 12.8. The summed E-state index contributed by atoms with van der Waals surface area (Å²) in [5.74, 6) is -0.871. The lowest BCUT2D eigenvalue weighted by atomic mass is 9.83. The lowest BCUT2D eigenvalue weighted by Crippen LogP contribution is -2.47. The Morgan fingerprint density at radius 2 is 2.05 bits per heavy atom. The van der Waals surface area contributed by atoms with Gasteiger partial charge in [0, 0.05) is 13.1 Å². The maximum absolute atomic E-state index is 12.8. The first-order valence-corrected chi connectivity index (χ1v) is 7.26. The molecule has 1 aromatic carbocycles. The quantitative estimate of drug-likeness (QED) is 0.387. The number of piperidine rings is 1. The lowest BCUT2D eigenvalue weighted by Gasteiger charge is -2.39. The van der Waals surface area contributed by atoms with Crippen LogP contribution in [0.3, 0.4) is 0 Å². The van der Waals surface area contributed by atoms with E-state index in [1.165, 1.54) is 0 Å². The zero-order chi connectivity index (χ0) is 15.5. The molecule has 0 aliphatic carbocycles. The van der Waals surface area contributed by atoms with Gasteiger partial charge in [-0.15, -0.1) is 0 Å². The Hall–Kier alpha value is -2.04. The Morgan fingerprint density at radius 1 is 1.38 bits per heavy atom. The van der Waals surface area contributed by atoms with Gasteiger partial charge in [0.1, 0.15) is 5.92 Å². The van der Waals surface area contributed by atoms with E-state index in [-0.39, 0.29) is 17.2 Å². The van der Waals surface area contributed by atoms with E-state index in [2.05, 4.69) is 19.0 Å². The molecule has 1 fully saturated rings. The number of carbonyl (C=O) groups is 1. The summed E-state index contributed by atoms with van der Waals surface area (Å²) >= 11 is 0. The summed E-state index contributed by atoms with van der Waals surface area (Å²) in [5, 5.41) is 12.1. The highest BCUT2D eigenvalue weighted by Gasteiger charge is 2.35. The Labute approximate surface area is 125 Å². The van der Waals surface area contributed by atoms with Gasteiger partial charge in [0.25, 0.3) is 0 Å². The molecule has 1 unspecified atom stereocenters. The van der Waals surface area contributed by atoms with Crippen molar-refractivity contribution in [3.8, 4) is 0 Å². The summed E-state index contributed by atoms with van der Waals surface area (Å²) in [4.78, 5) is 14.7. The molecule has 1 aliphatic heterocycles. The predicted molar refractivity (Wildman–Crippen MR) is 82.2 cm³/mol. The van der Waals surface area contributed by atoms with E-state index in [4.69, 9.17) is 10.9 Å². The number of nitrogens with two attached hydrogens (primary N) is 1. The fourth-order valence-corrected chi connectivity index (χ4v) is 2.94. The summed E-state index contributed by atoms with van der Waals surface area (Å²) in [7, 11) is 0. The van der Waals surface area contributed by atoms with Crippen molar-refractivity contribution < 1.29 is 10.0 Å². The van der Waals surface area contributed by atoms with Crippen molar-refractivity contribution in [2.75, 3.05) is 13.1 Å². The number of carbonyl (C=O) groups excluding carboxylic acids is 1. The van der Waals surface area contributed by atoms with E-state index < -0.39 is 5.92 Å². The number of benzene rings is 1. The van der Waals surface area contributed by atoms with E-state index in [0.717, 1.165) is 24.9 Å². The Balaban J connectivity index is 2.27. The van der Waals surface area contributed by atoms with Crippen LogP contribution in [0.4, 0.5) is 0 Å². The van der Waals surface area contributed by atoms with Gasteiger partial charge in [0.15, 0.2) is 5.84 Å². The average molecular weight is 289 g/mol. The maximum Gasteiger partial charge on any atom is 0.237 e. The van der Waals surface area contributed by atoms with Crippen molar-refractivity contribution in [2.45, 2.75) is 32.6 Å². The van der Waals surface area contributed by atoms with Crippen molar-refractivity contribution in [1.82, 2.24) is 4.90 Å². The SMILES string of the molecule is CC1(C)CCCN(C(=O)C(C(N)=NO)c2ccccc2)C1. The summed E-state index contributed by atoms with van der Waals surface area (Å²) in [6.45, 7) is 5.75. The molecule has 0 saturated carbocycles. The number of hydrogen-bond acceptors (Lipinski definition) is 3. The third-order valence-electron chi connectivity index (χ3n) is 4.00. The van der Waals surface area contributed by atoms with Gasteiger partial charge < -0.3 is 15.8 Å². The molecule has 0 aromatic heterocycles.